The number of furan rings is 1. The van der Waals surface area contributed by atoms with Crippen LogP contribution in [0, 0.1) is 0 Å². The van der Waals surface area contributed by atoms with E-state index in [0.29, 0.717) is 0 Å². The number of nitrogens with zero attached hydrogens (tertiary/aromatic N) is 5. The third-order valence-electron chi connectivity index (χ3n) is 5.62. The standard InChI is InChI=1S/C21H21N5O.2C2HF3O2/c1-2-4-18(5-3-1)19-14-23-21-20(22-7-8-26(19)21)25-11-9-24(10-12-25)15-17-6-13-27-16-17;2*3-2(4,5)1(6)7/h1-8,13-14,16H,9-12,15H2;2*(H,6,7). The topological polar surface area (TPSA) is 124 Å². The molecule has 1 aliphatic heterocycles. The lowest BCUT2D eigenvalue weighted by Gasteiger charge is -2.35. The van der Waals surface area contributed by atoms with Gasteiger partial charge < -0.3 is 19.5 Å². The minimum absolute atomic E-state index is 0.916. The highest BCUT2D eigenvalue weighted by atomic mass is 19.4. The molecule has 1 saturated heterocycles. The Balaban J connectivity index is 0.000000276. The Morgan fingerprint density at radius 3 is 1.98 bits per heavy atom. The monoisotopic (exact) mass is 587 g/mol. The van der Waals surface area contributed by atoms with Crippen LogP contribution in [0.2, 0.25) is 0 Å². The van der Waals surface area contributed by atoms with Crippen LogP contribution in [0.5, 0.6) is 0 Å². The van der Waals surface area contributed by atoms with E-state index in [9.17, 15) is 26.3 Å². The summed E-state index contributed by atoms with van der Waals surface area (Å²) in [6, 6.07) is 12.4. The van der Waals surface area contributed by atoms with Crippen molar-refractivity contribution >= 4 is 23.4 Å². The number of halogens is 6. The maximum Gasteiger partial charge on any atom is 0.490 e. The zero-order chi connectivity index (χ0) is 30.2. The third-order valence-corrected chi connectivity index (χ3v) is 5.62. The van der Waals surface area contributed by atoms with Gasteiger partial charge in [0.05, 0.1) is 24.4 Å². The van der Waals surface area contributed by atoms with E-state index in [4.69, 9.17) is 24.2 Å². The number of anilines is 1. The number of aliphatic carboxylic acids is 2. The summed E-state index contributed by atoms with van der Waals surface area (Å²) in [7, 11) is 0. The normalized spacial score (nSPS) is 14.0. The fourth-order valence-electron chi connectivity index (χ4n) is 3.71. The van der Waals surface area contributed by atoms with Gasteiger partial charge in [-0.05, 0) is 6.07 Å². The number of rotatable bonds is 4. The van der Waals surface area contributed by atoms with Gasteiger partial charge in [0.15, 0.2) is 11.5 Å². The molecule has 2 N–H and O–H groups in total. The molecule has 10 nitrogen and oxygen atoms in total. The second-order valence-electron chi connectivity index (χ2n) is 8.45. The molecule has 0 atom stereocenters. The molecule has 5 rings (SSSR count). The maximum atomic E-state index is 10.6. The Kier molecular flexibility index (Phi) is 9.94. The smallest absolute Gasteiger partial charge is 0.475 e. The van der Waals surface area contributed by atoms with E-state index < -0.39 is 24.3 Å². The molecule has 0 bridgehead atoms. The minimum atomic E-state index is -5.08. The third kappa shape index (κ3) is 8.69. The Hall–Kier alpha value is -4.60. The summed E-state index contributed by atoms with van der Waals surface area (Å²) < 4.78 is 70.8. The van der Waals surface area contributed by atoms with Crippen LogP contribution in [-0.4, -0.2) is 80.0 Å². The molecular formula is C25H23F6N5O5. The molecule has 0 radical (unpaired) electrons. The molecule has 220 valence electrons. The average Bonchev–Trinajstić information content (AvgIpc) is 3.59. The molecule has 0 spiro atoms. The summed E-state index contributed by atoms with van der Waals surface area (Å²) in [5.41, 5.74) is 4.39. The van der Waals surface area contributed by atoms with Crippen LogP contribution in [0.3, 0.4) is 0 Å². The average molecular weight is 587 g/mol. The fourth-order valence-corrected chi connectivity index (χ4v) is 3.71. The van der Waals surface area contributed by atoms with Crippen molar-refractivity contribution in [3.63, 3.8) is 0 Å². The molecule has 0 unspecified atom stereocenters. The lowest BCUT2D eigenvalue weighted by Crippen LogP contribution is -2.46. The molecule has 0 aliphatic carbocycles. The number of carbonyl (C=O) groups is 2. The van der Waals surface area contributed by atoms with Crippen LogP contribution in [0.4, 0.5) is 32.2 Å². The van der Waals surface area contributed by atoms with Crippen molar-refractivity contribution in [1.29, 1.82) is 0 Å². The molecule has 1 aromatic carbocycles. The molecule has 1 fully saturated rings. The number of piperazine rings is 1. The zero-order valence-corrected chi connectivity index (χ0v) is 21.0. The number of alkyl halides is 6. The predicted octanol–water partition coefficient (Wildman–Crippen LogP) is 4.58. The van der Waals surface area contributed by atoms with Crippen molar-refractivity contribution in [1.82, 2.24) is 19.3 Å². The van der Waals surface area contributed by atoms with Gasteiger partial charge >= 0.3 is 24.3 Å². The Bertz CT molecular complexity index is 1390. The van der Waals surface area contributed by atoms with Gasteiger partial charge in [0.1, 0.15) is 0 Å². The molecule has 4 aromatic rings. The molecule has 1 aliphatic rings. The highest BCUT2D eigenvalue weighted by Gasteiger charge is 2.38. The first kappa shape index (κ1) is 30.9. The van der Waals surface area contributed by atoms with Crippen molar-refractivity contribution in [2.75, 3.05) is 31.1 Å². The largest absolute Gasteiger partial charge is 0.490 e. The van der Waals surface area contributed by atoms with Gasteiger partial charge in [-0.25, -0.2) is 19.6 Å². The lowest BCUT2D eigenvalue weighted by atomic mass is 10.2. The van der Waals surface area contributed by atoms with E-state index >= 15 is 0 Å². The van der Waals surface area contributed by atoms with E-state index in [-0.39, 0.29) is 0 Å². The predicted molar refractivity (Wildman–Crippen MR) is 132 cm³/mol. The molecule has 0 saturated carbocycles. The van der Waals surface area contributed by atoms with Crippen molar-refractivity contribution in [2.45, 2.75) is 18.9 Å². The van der Waals surface area contributed by atoms with E-state index in [0.717, 1.165) is 55.4 Å². The van der Waals surface area contributed by atoms with Crippen molar-refractivity contribution in [3.8, 4) is 11.3 Å². The first-order valence-corrected chi connectivity index (χ1v) is 11.7. The molecule has 0 amide bonds. The van der Waals surface area contributed by atoms with Crippen LogP contribution in [0.15, 0.2) is 71.9 Å². The second kappa shape index (κ2) is 13.2. The van der Waals surface area contributed by atoms with Gasteiger partial charge in [0.25, 0.3) is 0 Å². The quantitative estimate of drug-likeness (QED) is 0.330. The van der Waals surface area contributed by atoms with E-state index in [2.05, 4.69) is 48.4 Å². The van der Waals surface area contributed by atoms with Gasteiger partial charge in [0, 0.05) is 56.2 Å². The molecular weight excluding hydrogens is 564 g/mol. The number of hydrogen-bond acceptors (Lipinski definition) is 7. The van der Waals surface area contributed by atoms with Crippen molar-refractivity contribution in [3.05, 3.63) is 73.1 Å². The number of hydrogen-bond donors (Lipinski definition) is 2. The summed E-state index contributed by atoms with van der Waals surface area (Å²) in [5, 5.41) is 14.2. The number of carboxylic acid groups (broad SMARTS) is 2. The number of imidazole rings is 1. The van der Waals surface area contributed by atoms with Crippen molar-refractivity contribution in [2.24, 2.45) is 0 Å². The lowest BCUT2D eigenvalue weighted by molar-refractivity contribution is -0.193. The van der Waals surface area contributed by atoms with E-state index in [1.807, 2.05) is 37.0 Å². The van der Waals surface area contributed by atoms with Gasteiger partial charge in [-0.1, -0.05) is 30.3 Å². The van der Waals surface area contributed by atoms with E-state index in [1.54, 1.807) is 6.26 Å². The number of benzene rings is 1. The molecule has 3 aromatic heterocycles. The maximum absolute atomic E-state index is 10.6. The summed E-state index contributed by atoms with van der Waals surface area (Å²) in [4.78, 5) is 31.9. The minimum Gasteiger partial charge on any atom is -0.475 e. The highest BCUT2D eigenvalue weighted by molar-refractivity contribution is 5.73. The highest BCUT2D eigenvalue weighted by Crippen LogP contribution is 2.26. The van der Waals surface area contributed by atoms with Crippen LogP contribution >= 0.6 is 0 Å². The second-order valence-corrected chi connectivity index (χ2v) is 8.45. The van der Waals surface area contributed by atoms with Gasteiger partial charge in [-0.15, -0.1) is 0 Å². The molecule has 41 heavy (non-hydrogen) atoms. The van der Waals surface area contributed by atoms with Crippen LogP contribution in [0.25, 0.3) is 16.9 Å². The summed E-state index contributed by atoms with van der Waals surface area (Å²) in [5.74, 6) is -4.55. The Morgan fingerprint density at radius 2 is 1.46 bits per heavy atom. The molecule has 4 heterocycles. The van der Waals surface area contributed by atoms with Gasteiger partial charge in [-0.3, -0.25) is 9.30 Å². The zero-order valence-electron chi connectivity index (χ0n) is 21.0. The summed E-state index contributed by atoms with van der Waals surface area (Å²) >= 11 is 0. The Morgan fingerprint density at radius 1 is 0.878 bits per heavy atom. The number of aromatic nitrogens is 3. The van der Waals surface area contributed by atoms with E-state index in [1.165, 1.54) is 5.56 Å². The SMILES string of the molecule is O=C(O)C(F)(F)F.O=C(O)C(F)(F)F.c1ccc(-c2cnc3c(N4CCN(Cc5ccoc5)CC4)nccn23)cc1. The Labute approximate surface area is 228 Å². The first-order chi connectivity index (χ1) is 19.3. The van der Waals surface area contributed by atoms with Crippen LogP contribution < -0.4 is 4.90 Å². The number of carboxylic acids is 2. The number of fused-ring (bicyclic) bond motifs is 1. The summed E-state index contributed by atoms with van der Waals surface area (Å²) in [6.45, 7) is 4.82. The fraction of sp³-hybridized carbons (Fsp3) is 0.280. The van der Waals surface area contributed by atoms with Crippen LogP contribution in [-0.2, 0) is 16.1 Å². The molecule has 16 heteroatoms. The van der Waals surface area contributed by atoms with Gasteiger partial charge in [0.2, 0.25) is 0 Å². The van der Waals surface area contributed by atoms with Crippen molar-refractivity contribution < 1.29 is 50.6 Å². The first-order valence-electron chi connectivity index (χ1n) is 11.7. The van der Waals surface area contributed by atoms with Crippen LogP contribution in [0.1, 0.15) is 5.56 Å². The van der Waals surface area contributed by atoms with Gasteiger partial charge in [-0.2, -0.15) is 26.3 Å². The summed E-state index contributed by atoms with van der Waals surface area (Å²) in [6.07, 6.45) is -0.814.